The van der Waals surface area contributed by atoms with Crippen molar-refractivity contribution in [3.8, 4) is 17.0 Å². The highest BCUT2D eigenvalue weighted by Gasteiger charge is 2.23. The van der Waals surface area contributed by atoms with Gasteiger partial charge in [0.15, 0.2) is 0 Å². The molecule has 0 N–H and O–H groups in total. The highest BCUT2D eigenvalue weighted by molar-refractivity contribution is 5.88. The molecule has 1 amide bonds. The summed E-state index contributed by atoms with van der Waals surface area (Å²) >= 11 is 0. The minimum Gasteiger partial charge on any atom is -0.497 e. The van der Waals surface area contributed by atoms with Crippen molar-refractivity contribution in [2.45, 2.75) is 6.54 Å². The summed E-state index contributed by atoms with van der Waals surface area (Å²) in [6.07, 6.45) is 1.29. The third kappa shape index (κ3) is 4.09. The van der Waals surface area contributed by atoms with Crippen molar-refractivity contribution >= 4 is 22.7 Å². The van der Waals surface area contributed by atoms with Crippen LogP contribution < -0.4 is 15.2 Å². The molecular weight excluding hydrogens is 441 g/mol. The molecule has 0 bridgehead atoms. The Morgan fingerprint density at radius 3 is 2.62 bits per heavy atom. The summed E-state index contributed by atoms with van der Waals surface area (Å²) in [5.41, 5.74) is 1.46. The van der Waals surface area contributed by atoms with Gasteiger partial charge in [0.25, 0.3) is 11.3 Å². The average molecular weight is 463 g/mol. The maximum Gasteiger partial charge on any atom is 0.267 e. The molecule has 0 saturated carbocycles. The van der Waals surface area contributed by atoms with Gasteiger partial charge in [0, 0.05) is 43.5 Å². The van der Waals surface area contributed by atoms with Crippen molar-refractivity contribution in [2.75, 3.05) is 38.2 Å². The van der Waals surface area contributed by atoms with Gasteiger partial charge < -0.3 is 19.1 Å². The predicted molar refractivity (Wildman–Crippen MR) is 123 cm³/mol. The van der Waals surface area contributed by atoms with Crippen LogP contribution in [0.25, 0.3) is 22.4 Å². The Morgan fingerprint density at radius 2 is 1.88 bits per heavy atom. The molecule has 10 heteroatoms. The average Bonchev–Trinajstić information content (AvgIpc) is 3.31. The Labute approximate surface area is 194 Å². The van der Waals surface area contributed by atoms with Gasteiger partial charge in [-0.2, -0.15) is 0 Å². The summed E-state index contributed by atoms with van der Waals surface area (Å²) in [6.45, 7) is 2.27. The van der Waals surface area contributed by atoms with Gasteiger partial charge in [-0.3, -0.25) is 14.2 Å². The number of amides is 1. The molecule has 1 aliphatic rings. The number of carbonyl (C=O) groups is 1. The molecule has 3 heterocycles. The molecule has 1 saturated heterocycles. The molecule has 2 aromatic carbocycles. The van der Waals surface area contributed by atoms with Crippen LogP contribution in [0.15, 0.2) is 64.2 Å². The first-order chi connectivity index (χ1) is 16.5. The SMILES string of the molecule is COc1cccc(N2CCN(C(=O)Cn3cnc4onc(-c5ccc(F)cc5)c4c3=O)CC2)c1. The van der Waals surface area contributed by atoms with Crippen molar-refractivity contribution in [3.05, 3.63) is 71.0 Å². The fourth-order valence-corrected chi connectivity index (χ4v) is 4.06. The molecule has 0 unspecified atom stereocenters. The van der Waals surface area contributed by atoms with Crippen LogP contribution in [0, 0.1) is 5.82 Å². The summed E-state index contributed by atoms with van der Waals surface area (Å²) in [6, 6.07) is 13.4. The van der Waals surface area contributed by atoms with Crippen molar-refractivity contribution in [1.82, 2.24) is 19.6 Å². The number of fused-ring (bicyclic) bond motifs is 1. The number of nitrogens with zero attached hydrogens (tertiary/aromatic N) is 5. The second kappa shape index (κ2) is 8.97. The first-order valence-corrected chi connectivity index (χ1v) is 10.8. The molecule has 0 spiro atoms. The van der Waals surface area contributed by atoms with E-state index >= 15 is 0 Å². The second-order valence-electron chi connectivity index (χ2n) is 7.97. The summed E-state index contributed by atoms with van der Waals surface area (Å²) in [5, 5.41) is 4.09. The highest BCUT2D eigenvalue weighted by Crippen LogP contribution is 2.25. The van der Waals surface area contributed by atoms with Crippen LogP contribution in [-0.4, -0.2) is 58.8 Å². The van der Waals surface area contributed by atoms with E-state index in [2.05, 4.69) is 15.0 Å². The van der Waals surface area contributed by atoms with Gasteiger partial charge in [-0.1, -0.05) is 11.2 Å². The molecule has 4 aromatic rings. The number of halogens is 1. The van der Waals surface area contributed by atoms with Crippen LogP contribution in [0.4, 0.5) is 10.1 Å². The minimum atomic E-state index is -0.436. The number of anilines is 1. The number of benzene rings is 2. The molecule has 0 atom stereocenters. The monoisotopic (exact) mass is 463 g/mol. The number of hydrogen-bond donors (Lipinski definition) is 0. The van der Waals surface area contributed by atoms with Gasteiger partial charge in [-0.15, -0.1) is 0 Å². The molecule has 1 aliphatic heterocycles. The predicted octanol–water partition coefficient (Wildman–Crippen LogP) is 2.55. The van der Waals surface area contributed by atoms with E-state index in [1.807, 2.05) is 24.3 Å². The molecule has 5 rings (SSSR count). The summed E-state index contributed by atoms with van der Waals surface area (Å²) in [7, 11) is 1.63. The molecule has 174 valence electrons. The Hall–Kier alpha value is -4.21. The van der Waals surface area contributed by atoms with E-state index in [9.17, 15) is 14.0 Å². The molecule has 9 nitrogen and oxygen atoms in total. The Balaban J connectivity index is 1.31. The van der Waals surface area contributed by atoms with Crippen LogP contribution in [0.5, 0.6) is 5.75 Å². The van der Waals surface area contributed by atoms with Crippen LogP contribution in [0.3, 0.4) is 0 Å². The van der Waals surface area contributed by atoms with Gasteiger partial charge >= 0.3 is 0 Å². The van der Waals surface area contributed by atoms with E-state index < -0.39 is 11.4 Å². The van der Waals surface area contributed by atoms with Crippen LogP contribution in [0.2, 0.25) is 0 Å². The van der Waals surface area contributed by atoms with Gasteiger partial charge in [0.1, 0.15) is 35.5 Å². The third-order valence-electron chi connectivity index (χ3n) is 5.94. The van der Waals surface area contributed by atoms with Crippen molar-refractivity contribution < 1.29 is 18.4 Å². The van der Waals surface area contributed by atoms with Crippen molar-refractivity contribution in [3.63, 3.8) is 0 Å². The second-order valence-corrected chi connectivity index (χ2v) is 7.97. The number of rotatable bonds is 5. The normalized spacial score (nSPS) is 13.9. The van der Waals surface area contributed by atoms with Crippen LogP contribution >= 0.6 is 0 Å². The van der Waals surface area contributed by atoms with Crippen molar-refractivity contribution in [2.24, 2.45) is 0 Å². The molecule has 1 fully saturated rings. The van der Waals surface area contributed by atoms with Gasteiger partial charge in [0.2, 0.25) is 5.91 Å². The number of ether oxygens (including phenoxy) is 1. The molecular formula is C24H22FN5O4. The summed E-state index contributed by atoms with van der Waals surface area (Å²) in [4.78, 5) is 34.1. The fourth-order valence-electron chi connectivity index (χ4n) is 4.06. The first-order valence-electron chi connectivity index (χ1n) is 10.8. The third-order valence-corrected chi connectivity index (χ3v) is 5.94. The minimum absolute atomic E-state index is 0.0694. The van der Waals surface area contributed by atoms with E-state index in [1.54, 1.807) is 12.0 Å². The first kappa shape index (κ1) is 21.6. The molecule has 0 radical (unpaired) electrons. The number of carbonyl (C=O) groups excluding carboxylic acids is 1. The van der Waals surface area contributed by atoms with Gasteiger partial charge in [-0.05, 0) is 36.4 Å². The van der Waals surface area contributed by atoms with Gasteiger partial charge in [-0.25, -0.2) is 9.37 Å². The number of hydrogen-bond acceptors (Lipinski definition) is 7. The zero-order valence-electron chi connectivity index (χ0n) is 18.5. The van der Waals surface area contributed by atoms with Crippen LogP contribution in [-0.2, 0) is 11.3 Å². The van der Waals surface area contributed by atoms with E-state index in [0.717, 1.165) is 11.4 Å². The van der Waals surface area contributed by atoms with E-state index in [0.29, 0.717) is 31.7 Å². The van der Waals surface area contributed by atoms with E-state index in [1.165, 1.54) is 35.2 Å². The summed E-state index contributed by atoms with van der Waals surface area (Å²) < 4.78 is 25.0. The number of methoxy groups -OCH3 is 1. The van der Waals surface area contributed by atoms with Crippen molar-refractivity contribution in [1.29, 1.82) is 0 Å². The Bertz CT molecular complexity index is 1390. The fraction of sp³-hybridized carbons (Fsp3) is 0.250. The quantitative estimate of drug-likeness (QED) is 0.449. The zero-order chi connectivity index (χ0) is 23.7. The zero-order valence-corrected chi connectivity index (χ0v) is 18.5. The molecule has 34 heavy (non-hydrogen) atoms. The molecule has 0 aliphatic carbocycles. The highest BCUT2D eigenvalue weighted by atomic mass is 19.1. The van der Waals surface area contributed by atoms with E-state index in [4.69, 9.17) is 9.26 Å². The lowest BCUT2D eigenvalue weighted by Gasteiger charge is -2.36. The number of aromatic nitrogens is 3. The lowest BCUT2D eigenvalue weighted by molar-refractivity contribution is -0.132. The number of piperazine rings is 1. The standard InChI is InChI=1S/C24H22FN5O4/c1-33-19-4-2-3-18(13-19)28-9-11-29(12-10-28)20(31)14-30-15-26-23-21(24(30)32)22(27-34-23)16-5-7-17(25)8-6-16/h2-8,13,15H,9-12,14H2,1H3. The maximum absolute atomic E-state index is 13.3. The maximum atomic E-state index is 13.3. The van der Waals surface area contributed by atoms with E-state index in [-0.39, 0.29) is 29.2 Å². The largest absolute Gasteiger partial charge is 0.497 e. The van der Waals surface area contributed by atoms with Gasteiger partial charge in [0.05, 0.1) is 7.11 Å². The van der Waals surface area contributed by atoms with Crippen LogP contribution in [0.1, 0.15) is 0 Å². The smallest absolute Gasteiger partial charge is 0.267 e. The lowest BCUT2D eigenvalue weighted by atomic mass is 10.1. The Morgan fingerprint density at radius 1 is 1.12 bits per heavy atom. The summed E-state index contributed by atoms with van der Waals surface area (Å²) in [5.74, 6) is 0.213. The molecule has 2 aromatic heterocycles. The lowest BCUT2D eigenvalue weighted by Crippen LogP contribution is -2.50. The topological polar surface area (TPSA) is 93.7 Å². The Kier molecular flexibility index (Phi) is 5.70.